The Morgan fingerprint density at radius 2 is 2.09 bits per heavy atom. The van der Waals surface area contributed by atoms with Crippen LogP contribution in [0.3, 0.4) is 0 Å². The van der Waals surface area contributed by atoms with E-state index in [9.17, 15) is 4.79 Å². The molecular weight excluding hydrogens is 292 g/mol. The van der Waals surface area contributed by atoms with Gasteiger partial charge in [0.25, 0.3) is 0 Å². The van der Waals surface area contributed by atoms with Gasteiger partial charge in [0.05, 0.1) is 24.1 Å². The third-order valence-corrected chi connectivity index (χ3v) is 3.69. The van der Waals surface area contributed by atoms with Crippen LogP contribution in [-0.4, -0.2) is 51.0 Å². The molecule has 2 heterocycles. The van der Waals surface area contributed by atoms with E-state index >= 15 is 0 Å². The van der Waals surface area contributed by atoms with Crippen molar-refractivity contribution >= 4 is 11.6 Å². The van der Waals surface area contributed by atoms with Crippen LogP contribution in [0, 0.1) is 6.92 Å². The Morgan fingerprint density at radius 1 is 1.30 bits per heavy atom. The zero-order valence-electron chi connectivity index (χ0n) is 14.4. The molecule has 0 bridgehead atoms. The van der Waals surface area contributed by atoms with Gasteiger partial charge < -0.3 is 10.2 Å². The van der Waals surface area contributed by atoms with Gasteiger partial charge in [-0.25, -0.2) is 0 Å². The highest BCUT2D eigenvalue weighted by Crippen LogP contribution is 2.10. The van der Waals surface area contributed by atoms with Crippen molar-refractivity contribution < 1.29 is 4.79 Å². The second kappa shape index (κ2) is 7.92. The van der Waals surface area contributed by atoms with Crippen LogP contribution in [0.2, 0.25) is 0 Å². The summed E-state index contributed by atoms with van der Waals surface area (Å²) in [5, 5.41) is 11.5. The molecule has 2 rings (SSSR count). The summed E-state index contributed by atoms with van der Waals surface area (Å²) >= 11 is 0. The summed E-state index contributed by atoms with van der Waals surface area (Å²) in [5.41, 5.74) is 2.87. The Labute approximate surface area is 137 Å². The highest BCUT2D eigenvalue weighted by molar-refractivity contribution is 5.90. The van der Waals surface area contributed by atoms with E-state index in [0.717, 1.165) is 36.6 Å². The van der Waals surface area contributed by atoms with Gasteiger partial charge in [-0.3, -0.25) is 14.2 Å². The lowest BCUT2D eigenvalue weighted by Crippen LogP contribution is -2.18. The summed E-state index contributed by atoms with van der Waals surface area (Å²) in [6.07, 6.45) is 6.71. The number of rotatable bonds is 8. The first-order chi connectivity index (χ1) is 11.0. The molecule has 2 aromatic heterocycles. The van der Waals surface area contributed by atoms with Crippen molar-refractivity contribution in [1.82, 2.24) is 24.5 Å². The van der Waals surface area contributed by atoms with Crippen LogP contribution in [0.1, 0.15) is 24.6 Å². The van der Waals surface area contributed by atoms with Crippen molar-refractivity contribution in [3.05, 3.63) is 29.8 Å². The summed E-state index contributed by atoms with van der Waals surface area (Å²) in [6, 6.07) is 0. The molecule has 0 saturated heterocycles. The van der Waals surface area contributed by atoms with Gasteiger partial charge in [0.2, 0.25) is 5.91 Å². The zero-order valence-corrected chi connectivity index (χ0v) is 14.4. The number of hydrogen-bond acceptors (Lipinski definition) is 4. The van der Waals surface area contributed by atoms with Gasteiger partial charge >= 0.3 is 0 Å². The fourth-order valence-corrected chi connectivity index (χ4v) is 2.29. The molecule has 0 unspecified atom stereocenters. The van der Waals surface area contributed by atoms with Crippen LogP contribution < -0.4 is 5.32 Å². The van der Waals surface area contributed by atoms with E-state index in [4.69, 9.17) is 0 Å². The highest BCUT2D eigenvalue weighted by Gasteiger charge is 2.09. The molecule has 23 heavy (non-hydrogen) atoms. The Hall–Kier alpha value is -2.15. The lowest BCUT2D eigenvalue weighted by atomic mass is 10.1. The topological polar surface area (TPSA) is 68.0 Å². The van der Waals surface area contributed by atoms with E-state index in [0.29, 0.717) is 12.8 Å². The van der Waals surface area contributed by atoms with Gasteiger partial charge in [0.15, 0.2) is 0 Å². The molecular formula is C16H26N6O. The summed E-state index contributed by atoms with van der Waals surface area (Å²) in [6.45, 7) is 6.60. The fraction of sp³-hybridized carbons (Fsp3) is 0.562. The Morgan fingerprint density at radius 3 is 2.74 bits per heavy atom. The van der Waals surface area contributed by atoms with Gasteiger partial charge in [0.1, 0.15) is 0 Å². The molecule has 0 spiro atoms. The standard InChI is InChI=1S/C16H26N6O/c1-5-21-11-14(13(2)19-21)6-7-16(23)18-15-10-17-22(12-15)9-8-20(3)4/h10-12H,5-9H2,1-4H3,(H,18,23). The Balaban J connectivity index is 1.81. The minimum Gasteiger partial charge on any atom is -0.323 e. The second-order valence-corrected chi connectivity index (χ2v) is 5.94. The highest BCUT2D eigenvalue weighted by atomic mass is 16.1. The van der Waals surface area contributed by atoms with Gasteiger partial charge in [-0.1, -0.05) is 0 Å². The van der Waals surface area contributed by atoms with Crippen LogP contribution in [0.5, 0.6) is 0 Å². The van der Waals surface area contributed by atoms with Crippen molar-refractivity contribution in [1.29, 1.82) is 0 Å². The molecule has 7 nitrogen and oxygen atoms in total. The van der Waals surface area contributed by atoms with E-state index in [2.05, 4.69) is 27.3 Å². The minimum absolute atomic E-state index is 0.000748. The summed E-state index contributed by atoms with van der Waals surface area (Å²) in [5.74, 6) is 0.000748. The number of anilines is 1. The van der Waals surface area contributed by atoms with Gasteiger partial charge in [-0.05, 0) is 39.9 Å². The van der Waals surface area contributed by atoms with Crippen molar-refractivity contribution in [2.45, 2.75) is 39.8 Å². The van der Waals surface area contributed by atoms with Crippen LogP contribution in [0.25, 0.3) is 0 Å². The number of aryl methyl sites for hydroxylation is 3. The molecule has 2 aromatic rings. The molecule has 1 N–H and O–H groups in total. The lowest BCUT2D eigenvalue weighted by Gasteiger charge is -2.08. The van der Waals surface area contributed by atoms with Crippen molar-refractivity contribution in [3.8, 4) is 0 Å². The number of carbonyl (C=O) groups excluding carboxylic acids is 1. The van der Waals surface area contributed by atoms with Gasteiger partial charge in [-0.15, -0.1) is 0 Å². The van der Waals surface area contributed by atoms with E-state index in [-0.39, 0.29) is 5.91 Å². The van der Waals surface area contributed by atoms with Crippen LogP contribution in [-0.2, 0) is 24.3 Å². The summed E-state index contributed by atoms with van der Waals surface area (Å²) in [7, 11) is 4.05. The maximum Gasteiger partial charge on any atom is 0.224 e. The van der Waals surface area contributed by atoms with Crippen LogP contribution >= 0.6 is 0 Å². The van der Waals surface area contributed by atoms with Crippen LogP contribution in [0.4, 0.5) is 5.69 Å². The number of nitrogens with zero attached hydrogens (tertiary/aromatic N) is 5. The largest absolute Gasteiger partial charge is 0.323 e. The zero-order chi connectivity index (χ0) is 16.8. The van der Waals surface area contributed by atoms with E-state index in [1.54, 1.807) is 6.20 Å². The SMILES string of the molecule is CCn1cc(CCC(=O)Nc2cnn(CCN(C)C)c2)c(C)n1. The van der Waals surface area contributed by atoms with Crippen LogP contribution in [0.15, 0.2) is 18.6 Å². The first-order valence-electron chi connectivity index (χ1n) is 7.98. The Kier molecular flexibility index (Phi) is 5.92. The number of aromatic nitrogens is 4. The van der Waals surface area contributed by atoms with Crippen molar-refractivity contribution in [2.75, 3.05) is 26.0 Å². The van der Waals surface area contributed by atoms with E-state index in [1.165, 1.54) is 0 Å². The smallest absolute Gasteiger partial charge is 0.224 e. The normalized spacial score (nSPS) is 11.2. The molecule has 0 aromatic carbocycles. The number of amides is 1. The lowest BCUT2D eigenvalue weighted by molar-refractivity contribution is -0.116. The number of carbonyl (C=O) groups is 1. The van der Waals surface area contributed by atoms with E-state index in [1.807, 2.05) is 42.8 Å². The molecule has 126 valence electrons. The summed E-state index contributed by atoms with van der Waals surface area (Å²) in [4.78, 5) is 14.2. The number of hydrogen-bond donors (Lipinski definition) is 1. The Bertz CT molecular complexity index is 643. The second-order valence-electron chi connectivity index (χ2n) is 5.94. The molecule has 0 aliphatic carbocycles. The fourth-order valence-electron chi connectivity index (χ4n) is 2.29. The third kappa shape index (κ3) is 5.21. The number of likely N-dealkylation sites (N-methyl/N-ethyl adjacent to an activating group) is 1. The van der Waals surface area contributed by atoms with Crippen molar-refractivity contribution in [3.63, 3.8) is 0 Å². The predicted octanol–water partition coefficient (Wildman–Crippen LogP) is 1.54. The van der Waals surface area contributed by atoms with E-state index < -0.39 is 0 Å². The maximum atomic E-state index is 12.1. The average molecular weight is 318 g/mol. The molecule has 7 heteroatoms. The quantitative estimate of drug-likeness (QED) is 0.802. The molecule has 0 aliphatic rings. The first-order valence-corrected chi connectivity index (χ1v) is 7.98. The van der Waals surface area contributed by atoms with Crippen molar-refractivity contribution in [2.24, 2.45) is 0 Å². The average Bonchev–Trinajstić information content (AvgIpc) is 3.09. The molecule has 0 aliphatic heterocycles. The molecule has 0 fully saturated rings. The summed E-state index contributed by atoms with van der Waals surface area (Å²) < 4.78 is 3.74. The molecule has 0 atom stereocenters. The monoisotopic (exact) mass is 318 g/mol. The first kappa shape index (κ1) is 17.2. The van der Waals surface area contributed by atoms with Gasteiger partial charge in [0, 0.05) is 31.9 Å². The number of nitrogens with one attached hydrogen (secondary N) is 1. The third-order valence-electron chi connectivity index (χ3n) is 3.69. The predicted molar refractivity (Wildman–Crippen MR) is 90.4 cm³/mol. The molecule has 0 radical (unpaired) electrons. The molecule has 1 amide bonds. The maximum absolute atomic E-state index is 12.1. The molecule has 0 saturated carbocycles. The van der Waals surface area contributed by atoms with Gasteiger partial charge in [-0.2, -0.15) is 10.2 Å². The minimum atomic E-state index is 0.000748.